The summed E-state index contributed by atoms with van der Waals surface area (Å²) in [6.07, 6.45) is 2.73. The number of rotatable bonds is 3. The maximum absolute atomic E-state index is 10.4. The maximum atomic E-state index is 10.4. The van der Waals surface area contributed by atoms with Gasteiger partial charge in [-0.25, -0.2) is 0 Å². The molecule has 1 fully saturated rings. The van der Waals surface area contributed by atoms with Gasteiger partial charge in [-0.2, -0.15) is 0 Å². The second kappa shape index (κ2) is 5.19. The highest BCUT2D eigenvalue weighted by Crippen LogP contribution is 2.19. The Bertz CT molecular complexity index is 169. The minimum absolute atomic E-state index is 0.0445. The highest BCUT2D eigenvalue weighted by molar-refractivity contribution is 5.65. The van der Waals surface area contributed by atoms with Crippen LogP contribution in [0.4, 0.5) is 0 Å². The summed E-state index contributed by atoms with van der Waals surface area (Å²) in [7, 11) is 0. The number of carbonyl (C=O) groups excluding carboxylic acids is 1. The molecular weight excluding hydrogens is 172 g/mol. The van der Waals surface area contributed by atoms with E-state index < -0.39 is 6.29 Å². The third-order valence-electron chi connectivity index (χ3n) is 2.07. The second-order valence-electron chi connectivity index (χ2n) is 3.27. The van der Waals surface area contributed by atoms with E-state index >= 15 is 0 Å². The van der Waals surface area contributed by atoms with Crippen LogP contribution in [0.25, 0.3) is 0 Å². The molecule has 4 nitrogen and oxygen atoms in total. The topological polar surface area (TPSA) is 55.8 Å². The van der Waals surface area contributed by atoms with Crippen LogP contribution in [0.15, 0.2) is 0 Å². The fourth-order valence-corrected chi connectivity index (χ4v) is 1.42. The predicted octanol–water partition coefficient (Wildman–Crippen LogP) is 0.827. The molecule has 0 aromatic rings. The highest BCUT2D eigenvalue weighted by Gasteiger charge is 2.20. The molecule has 0 bridgehead atoms. The Labute approximate surface area is 77.8 Å². The molecule has 0 amide bonds. The zero-order valence-electron chi connectivity index (χ0n) is 7.86. The minimum Gasteiger partial charge on any atom is -0.466 e. The third kappa shape index (κ3) is 4.24. The summed E-state index contributed by atoms with van der Waals surface area (Å²) in [5.74, 6) is -0.267. The maximum Gasteiger partial charge on any atom is 0.302 e. The van der Waals surface area contributed by atoms with Crippen LogP contribution in [-0.2, 0) is 14.3 Å². The zero-order valence-corrected chi connectivity index (χ0v) is 7.86. The van der Waals surface area contributed by atoms with E-state index in [0.29, 0.717) is 19.4 Å². The molecule has 0 aromatic heterocycles. The Morgan fingerprint density at radius 2 is 2.38 bits per heavy atom. The van der Waals surface area contributed by atoms with Gasteiger partial charge in [0.2, 0.25) is 0 Å². The lowest BCUT2D eigenvalue weighted by atomic mass is 10.1. The average molecular weight is 188 g/mol. The van der Waals surface area contributed by atoms with Gasteiger partial charge >= 0.3 is 5.97 Å². The van der Waals surface area contributed by atoms with Gasteiger partial charge in [-0.1, -0.05) is 0 Å². The second-order valence-corrected chi connectivity index (χ2v) is 3.27. The lowest BCUT2D eigenvalue weighted by molar-refractivity contribution is -0.168. The molecule has 76 valence electrons. The molecule has 1 saturated heterocycles. The average Bonchev–Trinajstić information content (AvgIpc) is 2.03. The lowest BCUT2D eigenvalue weighted by Crippen LogP contribution is -2.28. The van der Waals surface area contributed by atoms with Crippen LogP contribution >= 0.6 is 0 Å². The molecule has 0 spiro atoms. The van der Waals surface area contributed by atoms with E-state index in [2.05, 4.69) is 0 Å². The van der Waals surface area contributed by atoms with Crippen LogP contribution in [0, 0.1) is 0 Å². The van der Waals surface area contributed by atoms with Gasteiger partial charge in [0.05, 0.1) is 12.7 Å². The Morgan fingerprint density at radius 1 is 1.62 bits per heavy atom. The van der Waals surface area contributed by atoms with Crippen LogP contribution < -0.4 is 0 Å². The van der Waals surface area contributed by atoms with Crippen molar-refractivity contribution in [3.05, 3.63) is 0 Å². The standard InChI is InChI=1S/C9H16O4/c1-7(10)12-6-5-8-3-2-4-9(11)13-8/h8-9,11H,2-6H2,1H3. The van der Waals surface area contributed by atoms with Crippen LogP contribution in [0.2, 0.25) is 0 Å². The minimum atomic E-state index is -0.629. The number of hydrogen-bond donors (Lipinski definition) is 1. The van der Waals surface area contributed by atoms with Crippen molar-refractivity contribution in [3.63, 3.8) is 0 Å². The normalized spacial score (nSPS) is 28.5. The molecule has 0 saturated carbocycles. The summed E-state index contributed by atoms with van der Waals surface area (Å²) < 4.78 is 10.0. The van der Waals surface area contributed by atoms with Gasteiger partial charge in [0.15, 0.2) is 6.29 Å². The highest BCUT2D eigenvalue weighted by atomic mass is 16.6. The van der Waals surface area contributed by atoms with Crippen LogP contribution in [0.1, 0.15) is 32.6 Å². The summed E-state index contributed by atoms with van der Waals surface area (Å²) in [6, 6.07) is 0. The number of aliphatic hydroxyl groups excluding tert-OH is 1. The van der Waals surface area contributed by atoms with E-state index in [1.165, 1.54) is 6.92 Å². The van der Waals surface area contributed by atoms with Gasteiger partial charge in [0.1, 0.15) is 0 Å². The third-order valence-corrected chi connectivity index (χ3v) is 2.07. The summed E-state index contributed by atoms with van der Waals surface area (Å²) in [6.45, 7) is 1.77. The van der Waals surface area contributed by atoms with Crippen molar-refractivity contribution in [2.24, 2.45) is 0 Å². The molecule has 2 atom stereocenters. The Kier molecular flexibility index (Phi) is 4.18. The van der Waals surface area contributed by atoms with Gasteiger partial charge in [-0.15, -0.1) is 0 Å². The lowest BCUT2D eigenvalue weighted by Gasteiger charge is -2.26. The molecule has 1 aliphatic rings. The zero-order chi connectivity index (χ0) is 9.68. The fourth-order valence-electron chi connectivity index (χ4n) is 1.42. The van der Waals surface area contributed by atoms with Crippen molar-refractivity contribution in [2.75, 3.05) is 6.61 Å². The molecule has 1 heterocycles. The summed E-state index contributed by atoms with van der Waals surface area (Å²) in [5.41, 5.74) is 0. The summed E-state index contributed by atoms with van der Waals surface area (Å²) in [5, 5.41) is 9.16. The first-order valence-electron chi connectivity index (χ1n) is 4.65. The van der Waals surface area contributed by atoms with Crippen LogP contribution in [-0.4, -0.2) is 30.1 Å². The monoisotopic (exact) mass is 188 g/mol. The Balaban J connectivity index is 2.10. The first-order chi connectivity index (χ1) is 6.18. The van der Waals surface area contributed by atoms with Crippen molar-refractivity contribution in [2.45, 2.75) is 45.0 Å². The van der Waals surface area contributed by atoms with Crippen LogP contribution in [0.5, 0.6) is 0 Å². The molecule has 2 unspecified atom stereocenters. The number of hydrogen-bond acceptors (Lipinski definition) is 4. The predicted molar refractivity (Wildman–Crippen MR) is 46.0 cm³/mol. The number of ether oxygens (including phenoxy) is 2. The molecule has 1 N–H and O–H groups in total. The van der Waals surface area contributed by atoms with Crippen LogP contribution in [0.3, 0.4) is 0 Å². The van der Waals surface area contributed by atoms with Gasteiger partial charge in [-0.3, -0.25) is 4.79 Å². The van der Waals surface area contributed by atoms with E-state index in [1.54, 1.807) is 0 Å². The molecule has 13 heavy (non-hydrogen) atoms. The van der Waals surface area contributed by atoms with E-state index in [9.17, 15) is 4.79 Å². The number of esters is 1. The van der Waals surface area contributed by atoms with Crippen molar-refractivity contribution in [1.82, 2.24) is 0 Å². The molecule has 4 heteroatoms. The Hall–Kier alpha value is -0.610. The van der Waals surface area contributed by atoms with E-state index in [-0.39, 0.29) is 12.1 Å². The number of carbonyl (C=O) groups is 1. The first-order valence-corrected chi connectivity index (χ1v) is 4.65. The van der Waals surface area contributed by atoms with Gasteiger partial charge < -0.3 is 14.6 Å². The van der Waals surface area contributed by atoms with Crippen molar-refractivity contribution < 1.29 is 19.4 Å². The fraction of sp³-hybridized carbons (Fsp3) is 0.889. The number of aliphatic hydroxyl groups is 1. The first kappa shape index (κ1) is 10.5. The van der Waals surface area contributed by atoms with Crippen molar-refractivity contribution >= 4 is 5.97 Å². The molecule has 0 aromatic carbocycles. The molecule has 1 rings (SSSR count). The van der Waals surface area contributed by atoms with Gasteiger partial charge in [0.25, 0.3) is 0 Å². The van der Waals surface area contributed by atoms with Gasteiger partial charge in [-0.05, 0) is 19.3 Å². The largest absolute Gasteiger partial charge is 0.466 e. The van der Waals surface area contributed by atoms with Crippen molar-refractivity contribution in [1.29, 1.82) is 0 Å². The van der Waals surface area contributed by atoms with E-state index in [1.807, 2.05) is 0 Å². The molecule has 1 aliphatic heterocycles. The van der Waals surface area contributed by atoms with E-state index in [4.69, 9.17) is 14.6 Å². The molecule has 0 aliphatic carbocycles. The summed E-state index contributed by atoms with van der Waals surface area (Å²) >= 11 is 0. The SMILES string of the molecule is CC(=O)OCCC1CCCC(O)O1. The molecule has 0 radical (unpaired) electrons. The summed E-state index contributed by atoms with van der Waals surface area (Å²) in [4.78, 5) is 10.4. The van der Waals surface area contributed by atoms with E-state index in [0.717, 1.165) is 12.8 Å². The van der Waals surface area contributed by atoms with Crippen molar-refractivity contribution in [3.8, 4) is 0 Å². The van der Waals surface area contributed by atoms with Gasteiger partial charge in [0, 0.05) is 13.3 Å². The molecular formula is C9H16O4. The quantitative estimate of drug-likeness (QED) is 0.666. The smallest absolute Gasteiger partial charge is 0.302 e. The Morgan fingerprint density at radius 3 is 3.00 bits per heavy atom.